The Morgan fingerprint density at radius 3 is 2.52 bits per heavy atom. The fourth-order valence-corrected chi connectivity index (χ4v) is 3.66. The predicted molar refractivity (Wildman–Crippen MR) is 108 cm³/mol. The second kappa shape index (κ2) is 8.83. The fourth-order valence-electron chi connectivity index (χ4n) is 2.73. The molecule has 3 rings (SSSR count). The van der Waals surface area contributed by atoms with Crippen LogP contribution in [0, 0.1) is 6.92 Å². The van der Waals surface area contributed by atoms with Gasteiger partial charge >= 0.3 is 0 Å². The van der Waals surface area contributed by atoms with Gasteiger partial charge in [-0.25, -0.2) is 15.0 Å². The average Bonchev–Trinajstić information content (AvgIpc) is 3.08. The molecule has 0 saturated heterocycles. The van der Waals surface area contributed by atoms with E-state index >= 15 is 0 Å². The van der Waals surface area contributed by atoms with E-state index in [1.165, 1.54) is 16.9 Å². The maximum Gasteiger partial charge on any atom is 0.263 e. The number of benzene rings is 1. The molecule has 7 heteroatoms. The second-order valence-electron chi connectivity index (χ2n) is 6.52. The fraction of sp³-hybridized carbons (Fsp3) is 0.300. The van der Waals surface area contributed by atoms with Gasteiger partial charge in [0.1, 0.15) is 4.88 Å². The highest BCUT2D eigenvalue weighted by molar-refractivity contribution is 7.17. The van der Waals surface area contributed by atoms with Gasteiger partial charge in [0, 0.05) is 25.0 Å². The van der Waals surface area contributed by atoms with Crippen LogP contribution in [-0.4, -0.2) is 52.4 Å². The Hall–Kier alpha value is -2.64. The molecule has 1 N–H and O–H groups in total. The number of hydrogen-bond acceptors (Lipinski definition) is 6. The van der Waals surface area contributed by atoms with Crippen molar-refractivity contribution in [3.05, 3.63) is 64.9 Å². The Morgan fingerprint density at radius 2 is 1.85 bits per heavy atom. The van der Waals surface area contributed by atoms with E-state index in [1.807, 2.05) is 39.2 Å². The molecule has 0 saturated carbocycles. The molecule has 2 aromatic heterocycles. The highest BCUT2D eigenvalue weighted by Gasteiger charge is 2.19. The lowest BCUT2D eigenvalue weighted by Gasteiger charge is -2.24. The molecule has 1 aromatic carbocycles. The van der Waals surface area contributed by atoms with Crippen LogP contribution >= 0.6 is 11.3 Å². The van der Waals surface area contributed by atoms with Crippen LogP contribution in [0.5, 0.6) is 0 Å². The van der Waals surface area contributed by atoms with Crippen LogP contribution in [-0.2, 0) is 6.42 Å². The van der Waals surface area contributed by atoms with Crippen LogP contribution < -0.4 is 5.32 Å². The van der Waals surface area contributed by atoms with Crippen molar-refractivity contribution in [3.63, 3.8) is 0 Å². The lowest BCUT2D eigenvalue weighted by atomic mass is 10.1. The minimum Gasteiger partial charge on any atom is -0.350 e. The number of rotatable bonds is 7. The monoisotopic (exact) mass is 381 g/mol. The summed E-state index contributed by atoms with van der Waals surface area (Å²) < 4.78 is 0. The van der Waals surface area contributed by atoms with E-state index in [2.05, 4.69) is 37.3 Å². The topological polar surface area (TPSA) is 71.0 Å². The summed E-state index contributed by atoms with van der Waals surface area (Å²) in [6.07, 6.45) is 4.22. The largest absolute Gasteiger partial charge is 0.350 e. The van der Waals surface area contributed by atoms with Crippen LogP contribution in [0.15, 0.2) is 48.8 Å². The minimum atomic E-state index is -0.105. The van der Waals surface area contributed by atoms with Gasteiger partial charge < -0.3 is 10.2 Å². The van der Waals surface area contributed by atoms with Crippen molar-refractivity contribution in [3.8, 4) is 10.8 Å². The molecular weight excluding hydrogens is 358 g/mol. The van der Waals surface area contributed by atoms with Gasteiger partial charge in [-0.2, -0.15) is 0 Å². The number of aryl methyl sites for hydroxylation is 1. The van der Waals surface area contributed by atoms with Gasteiger partial charge in [-0.1, -0.05) is 30.3 Å². The molecule has 6 nitrogen and oxygen atoms in total. The average molecular weight is 382 g/mol. The molecule has 27 heavy (non-hydrogen) atoms. The number of amides is 1. The van der Waals surface area contributed by atoms with Crippen LogP contribution in [0.25, 0.3) is 10.8 Å². The zero-order valence-corrected chi connectivity index (χ0v) is 16.5. The molecule has 0 bridgehead atoms. The molecule has 1 unspecified atom stereocenters. The molecule has 3 aromatic rings. The number of aromatic nitrogens is 3. The molecule has 2 heterocycles. The number of nitrogens with zero attached hydrogens (tertiary/aromatic N) is 4. The summed E-state index contributed by atoms with van der Waals surface area (Å²) in [7, 11) is 4.06. The summed E-state index contributed by atoms with van der Waals surface area (Å²) in [5, 5.41) is 3.71. The van der Waals surface area contributed by atoms with Gasteiger partial charge in [-0.3, -0.25) is 4.79 Å². The molecule has 1 amide bonds. The number of nitrogens with one attached hydrogen (secondary N) is 1. The Bertz CT molecular complexity index is 880. The number of carbonyl (C=O) groups is 1. The highest BCUT2D eigenvalue weighted by Crippen LogP contribution is 2.25. The molecule has 0 aliphatic heterocycles. The lowest BCUT2D eigenvalue weighted by Crippen LogP contribution is -2.41. The standard InChI is InChI=1S/C20H23N5OS/c1-14-17(27-20(24-14)18-21-10-7-11-22-18)19(26)23-13-16(25(2)3)12-15-8-5-4-6-9-15/h4-11,16H,12-13H2,1-3H3,(H,23,26). The van der Waals surface area contributed by atoms with Crippen LogP contribution in [0.1, 0.15) is 20.9 Å². The van der Waals surface area contributed by atoms with E-state index in [-0.39, 0.29) is 11.9 Å². The van der Waals surface area contributed by atoms with E-state index in [0.29, 0.717) is 27.9 Å². The maximum atomic E-state index is 12.7. The zero-order chi connectivity index (χ0) is 19.2. The first-order valence-electron chi connectivity index (χ1n) is 8.78. The normalized spacial score (nSPS) is 12.1. The molecule has 0 radical (unpaired) electrons. The Morgan fingerprint density at radius 1 is 1.15 bits per heavy atom. The Labute approximate surface area is 163 Å². The first-order chi connectivity index (χ1) is 13.0. The van der Waals surface area contributed by atoms with Gasteiger partial charge in [0.2, 0.25) is 0 Å². The van der Waals surface area contributed by atoms with Crippen molar-refractivity contribution in [2.24, 2.45) is 0 Å². The van der Waals surface area contributed by atoms with Gasteiger partial charge in [-0.15, -0.1) is 11.3 Å². The molecule has 0 aliphatic rings. The molecule has 0 spiro atoms. The van der Waals surface area contributed by atoms with Crippen molar-refractivity contribution >= 4 is 17.2 Å². The van der Waals surface area contributed by atoms with Gasteiger partial charge in [-0.05, 0) is 39.1 Å². The first kappa shape index (κ1) is 19.1. The summed E-state index contributed by atoms with van der Waals surface area (Å²) in [4.78, 5) is 28.3. The van der Waals surface area contributed by atoms with Crippen LogP contribution in [0.2, 0.25) is 0 Å². The third kappa shape index (κ3) is 4.96. The lowest BCUT2D eigenvalue weighted by molar-refractivity contribution is 0.0945. The third-order valence-electron chi connectivity index (χ3n) is 4.30. The van der Waals surface area contributed by atoms with Gasteiger partial charge in [0.25, 0.3) is 5.91 Å². The van der Waals surface area contributed by atoms with Crippen molar-refractivity contribution in [1.29, 1.82) is 0 Å². The summed E-state index contributed by atoms with van der Waals surface area (Å²) >= 11 is 1.32. The molecule has 140 valence electrons. The van der Waals surface area contributed by atoms with E-state index in [9.17, 15) is 4.79 Å². The van der Waals surface area contributed by atoms with Gasteiger partial charge in [0.05, 0.1) is 5.69 Å². The Balaban J connectivity index is 1.66. The molecule has 0 fully saturated rings. The zero-order valence-electron chi connectivity index (χ0n) is 15.7. The molecule has 0 aliphatic carbocycles. The number of carbonyl (C=O) groups excluding carboxylic acids is 1. The third-order valence-corrected chi connectivity index (χ3v) is 5.45. The second-order valence-corrected chi connectivity index (χ2v) is 7.52. The first-order valence-corrected chi connectivity index (χ1v) is 9.59. The van der Waals surface area contributed by atoms with E-state index in [4.69, 9.17) is 0 Å². The highest BCUT2D eigenvalue weighted by atomic mass is 32.1. The number of likely N-dealkylation sites (N-methyl/N-ethyl adjacent to an activating group) is 1. The summed E-state index contributed by atoms with van der Waals surface area (Å²) in [5.41, 5.74) is 1.95. The summed E-state index contributed by atoms with van der Waals surface area (Å²) in [5.74, 6) is 0.437. The van der Waals surface area contributed by atoms with Crippen molar-refractivity contribution in [2.45, 2.75) is 19.4 Å². The van der Waals surface area contributed by atoms with Crippen molar-refractivity contribution in [2.75, 3.05) is 20.6 Å². The Kier molecular flexibility index (Phi) is 6.26. The van der Waals surface area contributed by atoms with Crippen molar-refractivity contribution < 1.29 is 4.79 Å². The van der Waals surface area contributed by atoms with E-state index in [0.717, 1.165) is 6.42 Å². The van der Waals surface area contributed by atoms with Crippen molar-refractivity contribution in [1.82, 2.24) is 25.2 Å². The van der Waals surface area contributed by atoms with Crippen LogP contribution in [0.4, 0.5) is 0 Å². The minimum absolute atomic E-state index is 0.105. The predicted octanol–water partition coefficient (Wildman–Crippen LogP) is 2.81. The van der Waals surface area contributed by atoms with Gasteiger partial charge in [0.15, 0.2) is 10.8 Å². The maximum absolute atomic E-state index is 12.7. The van der Waals surface area contributed by atoms with E-state index < -0.39 is 0 Å². The number of thiazole rings is 1. The summed E-state index contributed by atoms with van der Waals surface area (Å²) in [6, 6.07) is 12.3. The quantitative estimate of drug-likeness (QED) is 0.681. The van der Waals surface area contributed by atoms with E-state index in [1.54, 1.807) is 18.5 Å². The smallest absolute Gasteiger partial charge is 0.263 e. The van der Waals surface area contributed by atoms with Crippen LogP contribution in [0.3, 0.4) is 0 Å². The summed E-state index contributed by atoms with van der Waals surface area (Å²) in [6.45, 7) is 2.40. The molecular formula is C20H23N5OS. The number of hydrogen-bond donors (Lipinski definition) is 1. The molecule has 1 atom stereocenters. The SMILES string of the molecule is Cc1nc(-c2ncccn2)sc1C(=O)NCC(Cc1ccccc1)N(C)C.